The Morgan fingerprint density at radius 2 is 1.56 bits per heavy atom. The summed E-state index contributed by atoms with van der Waals surface area (Å²) in [6.45, 7) is 0. The Morgan fingerprint density at radius 3 is 1.78 bits per heavy atom. The lowest BCUT2D eigenvalue weighted by atomic mass is 10.0. The number of aliphatic carboxylic acids is 1. The first-order valence-corrected chi connectivity index (χ1v) is 7.55. The average Bonchev–Trinajstić information content (AvgIpc) is 3.02. The molecule has 0 amide bonds. The van der Waals surface area contributed by atoms with Gasteiger partial charge >= 0.3 is 5.97 Å². The summed E-state index contributed by atoms with van der Waals surface area (Å²) in [4.78, 5) is 12.0. The van der Waals surface area contributed by atoms with Gasteiger partial charge in [-0.2, -0.15) is 0 Å². The predicted octanol–water partition coefficient (Wildman–Crippen LogP) is 3.55. The lowest BCUT2D eigenvalue weighted by Gasteiger charge is -2.20. The van der Waals surface area contributed by atoms with Gasteiger partial charge in [-0.15, -0.1) is 45.9 Å². The van der Waals surface area contributed by atoms with Crippen LogP contribution in [0.2, 0.25) is 0 Å². The maximum atomic E-state index is 11.2. The lowest BCUT2D eigenvalue weighted by molar-refractivity contribution is -0.154. The van der Waals surface area contributed by atoms with Gasteiger partial charge in [0.1, 0.15) is 0 Å². The quantitative estimate of drug-likeness (QED) is 0.849. The van der Waals surface area contributed by atoms with E-state index in [0.29, 0.717) is 9.75 Å². The van der Waals surface area contributed by atoms with Crippen molar-refractivity contribution in [2.45, 2.75) is 5.60 Å². The second-order valence-corrected chi connectivity index (χ2v) is 5.77. The minimum atomic E-state index is -1.90. The molecule has 0 saturated carbocycles. The maximum absolute atomic E-state index is 11.2. The highest BCUT2D eigenvalue weighted by atomic mass is 35.5. The SMILES string of the molecule is ClCCl.O=C(O)C(O)(c1cccs1)c1cccs1. The molecule has 2 aromatic heterocycles. The highest BCUT2D eigenvalue weighted by Gasteiger charge is 2.42. The van der Waals surface area contributed by atoms with E-state index in [0.717, 1.165) is 0 Å². The second kappa shape index (κ2) is 7.11. The number of alkyl halides is 2. The van der Waals surface area contributed by atoms with E-state index in [1.165, 1.54) is 22.7 Å². The molecule has 0 saturated heterocycles. The Morgan fingerprint density at radius 1 is 1.17 bits per heavy atom. The monoisotopic (exact) mass is 324 g/mol. The van der Waals surface area contributed by atoms with E-state index in [1.807, 2.05) is 0 Å². The summed E-state index contributed by atoms with van der Waals surface area (Å²) in [6, 6.07) is 6.69. The third-order valence-electron chi connectivity index (χ3n) is 2.07. The Labute approximate surface area is 122 Å². The molecule has 0 atom stereocenters. The normalized spacial score (nSPS) is 10.6. The van der Waals surface area contributed by atoms with Crippen LogP contribution in [0.5, 0.6) is 0 Å². The molecule has 2 heterocycles. The topological polar surface area (TPSA) is 57.5 Å². The molecule has 0 unspecified atom stereocenters. The van der Waals surface area contributed by atoms with E-state index in [-0.39, 0.29) is 5.34 Å². The fraction of sp³-hybridized carbons (Fsp3) is 0.182. The summed E-state index contributed by atoms with van der Waals surface area (Å²) < 4.78 is 0. The number of hydrogen-bond acceptors (Lipinski definition) is 4. The van der Waals surface area contributed by atoms with Gasteiger partial charge in [-0.1, -0.05) is 12.1 Å². The molecule has 2 N–H and O–H groups in total. The Kier molecular flexibility index (Phi) is 6.11. The van der Waals surface area contributed by atoms with Gasteiger partial charge in [0.15, 0.2) is 0 Å². The Hall–Kier alpha value is -0.590. The van der Waals surface area contributed by atoms with E-state index in [2.05, 4.69) is 0 Å². The van der Waals surface area contributed by atoms with Gasteiger partial charge in [0.25, 0.3) is 0 Å². The first kappa shape index (κ1) is 15.5. The molecule has 0 aliphatic heterocycles. The zero-order valence-corrected chi connectivity index (χ0v) is 12.2. The van der Waals surface area contributed by atoms with Crippen LogP contribution in [0.15, 0.2) is 35.0 Å². The van der Waals surface area contributed by atoms with Crippen LogP contribution in [0.25, 0.3) is 0 Å². The van der Waals surface area contributed by atoms with Crippen LogP contribution in [-0.4, -0.2) is 21.5 Å². The lowest BCUT2D eigenvalue weighted by Crippen LogP contribution is -2.34. The molecule has 0 aliphatic rings. The van der Waals surface area contributed by atoms with Gasteiger partial charge < -0.3 is 10.2 Å². The van der Waals surface area contributed by atoms with Crippen LogP contribution < -0.4 is 0 Å². The summed E-state index contributed by atoms with van der Waals surface area (Å²) in [5.41, 5.74) is -1.90. The zero-order valence-electron chi connectivity index (χ0n) is 9.05. The van der Waals surface area contributed by atoms with Crippen molar-refractivity contribution in [3.05, 3.63) is 44.8 Å². The van der Waals surface area contributed by atoms with Crippen molar-refractivity contribution >= 4 is 51.8 Å². The van der Waals surface area contributed by atoms with Crippen LogP contribution >= 0.6 is 45.9 Å². The van der Waals surface area contributed by atoms with Crippen LogP contribution in [0.3, 0.4) is 0 Å². The number of thiophene rings is 2. The molecule has 0 bridgehead atoms. The van der Waals surface area contributed by atoms with E-state index in [4.69, 9.17) is 28.3 Å². The number of halogens is 2. The van der Waals surface area contributed by atoms with Crippen molar-refractivity contribution in [1.82, 2.24) is 0 Å². The maximum Gasteiger partial charge on any atom is 0.346 e. The van der Waals surface area contributed by atoms with Crippen LogP contribution in [0, 0.1) is 0 Å². The molecular formula is C11H10Cl2O3S2. The van der Waals surface area contributed by atoms with Crippen molar-refractivity contribution in [3.63, 3.8) is 0 Å². The number of hydrogen-bond donors (Lipinski definition) is 2. The predicted molar refractivity (Wildman–Crippen MR) is 75.8 cm³/mol. The van der Waals surface area contributed by atoms with Crippen molar-refractivity contribution in [2.24, 2.45) is 0 Å². The number of carboxylic acid groups (broad SMARTS) is 1. The van der Waals surface area contributed by atoms with Crippen molar-refractivity contribution in [2.75, 3.05) is 5.34 Å². The molecule has 0 fully saturated rings. The first-order valence-electron chi connectivity index (χ1n) is 4.73. The molecule has 98 valence electrons. The van der Waals surface area contributed by atoms with Crippen LogP contribution in [0.1, 0.15) is 9.75 Å². The van der Waals surface area contributed by atoms with Crippen LogP contribution in [0.4, 0.5) is 0 Å². The standard InChI is InChI=1S/C10H8O3S2.CH2Cl2/c11-9(12)10(13,7-3-1-5-14-7)8-4-2-6-15-8;2-1-3/h1-6,13H,(H,11,12);1H2. The van der Waals surface area contributed by atoms with Gasteiger partial charge in [-0.3, -0.25) is 0 Å². The van der Waals surface area contributed by atoms with Gasteiger partial charge in [0.05, 0.1) is 15.1 Å². The third kappa shape index (κ3) is 3.24. The summed E-state index contributed by atoms with van der Waals surface area (Å²) in [5.74, 6) is -1.24. The number of aliphatic hydroxyl groups is 1. The smallest absolute Gasteiger partial charge is 0.346 e. The molecule has 7 heteroatoms. The molecule has 2 aromatic rings. The zero-order chi connectivity index (χ0) is 13.6. The van der Waals surface area contributed by atoms with Gasteiger partial charge in [-0.25, -0.2) is 4.79 Å². The van der Waals surface area contributed by atoms with Gasteiger partial charge in [-0.05, 0) is 22.9 Å². The van der Waals surface area contributed by atoms with E-state index in [1.54, 1.807) is 35.0 Å². The largest absolute Gasteiger partial charge is 0.479 e. The van der Waals surface area contributed by atoms with Crippen molar-refractivity contribution in [1.29, 1.82) is 0 Å². The summed E-state index contributed by atoms with van der Waals surface area (Å²) in [7, 11) is 0. The molecular weight excluding hydrogens is 315 g/mol. The minimum absolute atomic E-state index is 0.194. The minimum Gasteiger partial charge on any atom is -0.479 e. The Bertz CT molecular complexity index is 434. The van der Waals surface area contributed by atoms with E-state index >= 15 is 0 Å². The number of carbonyl (C=O) groups is 1. The molecule has 0 aromatic carbocycles. The van der Waals surface area contributed by atoms with E-state index < -0.39 is 11.6 Å². The fourth-order valence-corrected chi connectivity index (χ4v) is 3.02. The fourth-order valence-electron chi connectivity index (χ4n) is 1.30. The highest BCUT2D eigenvalue weighted by molar-refractivity contribution is 7.12. The summed E-state index contributed by atoms with van der Waals surface area (Å²) in [5, 5.41) is 23.1. The Balaban J connectivity index is 0.000000492. The number of rotatable bonds is 3. The first-order chi connectivity index (χ1) is 8.57. The highest BCUT2D eigenvalue weighted by Crippen LogP contribution is 2.35. The second-order valence-electron chi connectivity index (χ2n) is 3.07. The molecule has 0 radical (unpaired) electrons. The molecule has 0 aliphatic carbocycles. The van der Waals surface area contributed by atoms with E-state index in [9.17, 15) is 9.90 Å². The summed E-state index contributed by atoms with van der Waals surface area (Å²) >= 11 is 12.0. The van der Waals surface area contributed by atoms with Crippen molar-refractivity contribution < 1.29 is 15.0 Å². The summed E-state index contributed by atoms with van der Waals surface area (Å²) in [6.07, 6.45) is 0. The molecule has 3 nitrogen and oxygen atoms in total. The molecule has 18 heavy (non-hydrogen) atoms. The average molecular weight is 325 g/mol. The number of carboxylic acids is 1. The molecule has 2 rings (SSSR count). The van der Waals surface area contributed by atoms with Crippen molar-refractivity contribution in [3.8, 4) is 0 Å². The molecule has 0 spiro atoms. The van der Waals surface area contributed by atoms with Crippen LogP contribution in [-0.2, 0) is 10.4 Å². The van der Waals surface area contributed by atoms with Gasteiger partial charge in [0, 0.05) is 0 Å². The third-order valence-corrected chi connectivity index (χ3v) is 4.02. The van der Waals surface area contributed by atoms with Gasteiger partial charge in [0.2, 0.25) is 5.60 Å².